The standard InChI is InChI=1S/C11H16F2N2.ClH/c1-7-4-5-8(11(13)10(7)12)9(15)3-2-6-14;/h4-5,9H,2-3,6,14-15H2,1H3;1H/t9-;/m1./s1. The van der Waals surface area contributed by atoms with Gasteiger partial charge in [0.2, 0.25) is 0 Å². The molecule has 0 spiro atoms. The second-order valence-corrected chi connectivity index (χ2v) is 3.64. The molecule has 0 heterocycles. The van der Waals surface area contributed by atoms with E-state index in [-0.39, 0.29) is 18.0 Å². The van der Waals surface area contributed by atoms with E-state index in [1.165, 1.54) is 19.1 Å². The Hall–Kier alpha value is -0.710. The summed E-state index contributed by atoms with van der Waals surface area (Å²) in [6.07, 6.45) is 1.27. The molecule has 0 aliphatic rings. The molecule has 1 rings (SSSR count). The van der Waals surface area contributed by atoms with Crippen LogP contribution in [-0.4, -0.2) is 6.54 Å². The number of aryl methyl sites for hydroxylation is 1. The SMILES string of the molecule is Cc1ccc([C@H](N)CCCN)c(F)c1F.Cl. The molecule has 0 bridgehead atoms. The molecular formula is C11H17ClF2N2. The Balaban J connectivity index is 0.00000225. The van der Waals surface area contributed by atoms with E-state index in [4.69, 9.17) is 11.5 Å². The largest absolute Gasteiger partial charge is 0.330 e. The minimum atomic E-state index is -0.834. The zero-order chi connectivity index (χ0) is 11.4. The van der Waals surface area contributed by atoms with Gasteiger partial charge in [0.15, 0.2) is 11.6 Å². The molecule has 0 aliphatic heterocycles. The van der Waals surface area contributed by atoms with E-state index in [0.29, 0.717) is 24.9 Å². The number of halogens is 3. The highest BCUT2D eigenvalue weighted by atomic mass is 35.5. The summed E-state index contributed by atoms with van der Waals surface area (Å²) in [5, 5.41) is 0. The van der Waals surface area contributed by atoms with Crippen molar-refractivity contribution >= 4 is 12.4 Å². The lowest BCUT2D eigenvalue weighted by molar-refractivity contribution is 0.477. The summed E-state index contributed by atoms with van der Waals surface area (Å²) in [5.41, 5.74) is 11.6. The van der Waals surface area contributed by atoms with Crippen molar-refractivity contribution in [2.24, 2.45) is 11.5 Å². The molecule has 16 heavy (non-hydrogen) atoms. The summed E-state index contributed by atoms with van der Waals surface area (Å²) in [6.45, 7) is 2.03. The fourth-order valence-corrected chi connectivity index (χ4v) is 1.44. The third kappa shape index (κ3) is 3.40. The summed E-state index contributed by atoms with van der Waals surface area (Å²) in [5.74, 6) is -1.64. The first-order valence-electron chi connectivity index (χ1n) is 4.98. The van der Waals surface area contributed by atoms with Crippen LogP contribution in [0.15, 0.2) is 12.1 Å². The molecule has 0 amide bonds. The van der Waals surface area contributed by atoms with Crippen LogP contribution in [0.25, 0.3) is 0 Å². The van der Waals surface area contributed by atoms with Gasteiger partial charge in [0.05, 0.1) is 0 Å². The zero-order valence-corrected chi connectivity index (χ0v) is 9.99. The first-order valence-corrected chi connectivity index (χ1v) is 4.98. The molecule has 0 unspecified atom stereocenters. The predicted octanol–water partition coefficient (Wildman–Crippen LogP) is 2.43. The van der Waals surface area contributed by atoms with Gasteiger partial charge in [-0.2, -0.15) is 0 Å². The van der Waals surface area contributed by atoms with Gasteiger partial charge in [0.25, 0.3) is 0 Å². The van der Waals surface area contributed by atoms with Crippen LogP contribution in [0, 0.1) is 18.6 Å². The maximum absolute atomic E-state index is 13.5. The van der Waals surface area contributed by atoms with Crippen molar-refractivity contribution in [3.05, 3.63) is 34.9 Å². The summed E-state index contributed by atoms with van der Waals surface area (Å²) in [4.78, 5) is 0. The summed E-state index contributed by atoms with van der Waals surface area (Å²) < 4.78 is 26.7. The lowest BCUT2D eigenvalue weighted by atomic mass is 10.0. The second-order valence-electron chi connectivity index (χ2n) is 3.64. The molecule has 1 aromatic carbocycles. The van der Waals surface area contributed by atoms with Gasteiger partial charge in [-0.05, 0) is 31.9 Å². The van der Waals surface area contributed by atoms with Crippen molar-refractivity contribution in [3.8, 4) is 0 Å². The highest BCUT2D eigenvalue weighted by Gasteiger charge is 2.15. The summed E-state index contributed by atoms with van der Waals surface area (Å²) in [7, 11) is 0. The van der Waals surface area contributed by atoms with Crippen LogP contribution >= 0.6 is 12.4 Å². The topological polar surface area (TPSA) is 52.0 Å². The molecule has 0 fully saturated rings. The van der Waals surface area contributed by atoms with Crippen molar-refractivity contribution in [2.45, 2.75) is 25.8 Å². The average molecular weight is 251 g/mol. The average Bonchev–Trinajstić information content (AvgIpc) is 2.23. The third-order valence-electron chi connectivity index (χ3n) is 2.42. The minimum Gasteiger partial charge on any atom is -0.330 e. The van der Waals surface area contributed by atoms with E-state index in [0.717, 1.165) is 0 Å². The van der Waals surface area contributed by atoms with Crippen LogP contribution in [0.4, 0.5) is 8.78 Å². The quantitative estimate of drug-likeness (QED) is 0.862. The molecule has 1 aromatic rings. The van der Waals surface area contributed by atoms with Gasteiger partial charge >= 0.3 is 0 Å². The highest BCUT2D eigenvalue weighted by molar-refractivity contribution is 5.85. The lowest BCUT2D eigenvalue weighted by Gasteiger charge is -2.13. The van der Waals surface area contributed by atoms with Gasteiger partial charge in [-0.3, -0.25) is 0 Å². The monoisotopic (exact) mass is 250 g/mol. The first kappa shape index (κ1) is 15.3. The second kappa shape index (κ2) is 6.78. The molecule has 2 nitrogen and oxygen atoms in total. The Kier molecular flexibility index (Phi) is 6.48. The molecule has 0 aliphatic carbocycles. The van der Waals surface area contributed by atoms with Gasteiger partial charge in [0, 0.05) is 11.6 Å². The van der Waals surface area contributed by atoms with Crippen LogP contribution in [0.5, 0.6) is 0 Å². The fraction of sp³-hybridized carbons (Fsp3) is 0.455. The van der Waals surface area contributed by atoms with Crippen molar-refractivity contribution in [1.29, 1.82) is 0 Å². The van der Waals surface area contributed by atoms with E-state index >= 15 is 0 Å². The molecule has 4 N–H and O–H groups in total. The smallest absolute Gasteiger partial charge is 0.163 e. The number of rotatable bonds is 4. The Labute approximate surface area is 100 Å². The maximum Gasteiger partial charge on any atom is 0.163 e. The number of hydrogen-bond acceptors (Lipinski definition) is 2. The predicted molar refractivity (Wildman–Crippen MR) is 63.6 cm³/mol. The molecule has 0 aromatic heterocycles. The van der Waals surface area contributed by atoms with Crippen LogP contribution in [0.2, 0.25) is 0 Å². The summed E-state index contributed by atoms with van der Waals surface area (Å²) >= 11 is 0. The van der Waals surface area contributed by atoms with E-state index in [1.54, 1.807) is 0 Å². The maximum atomic E-state index is 13.5. The highest BCUT2D eigenvalue weighted by Crippen LogP contribution is 2.22. The molecule has 0 radical (unpaired) electrons. The Morgan fingerprint density at radius 3 is 2.44 bits per heavy atom. The van der Waals surface area contributed by atoms with E-state index in [9.17, 15) is 8.78 Å². The Morgan fingerprint density at radius 1 is 1.25 bits per heavy atom. The Morgan fingerprint density at radius 2 is 1.88 bits per heavy atom. The minimum absolute atomic E-state index is 0. The fourth-order valence-electron chi connectivity index (χ4n) is 1.44. The lowest BCUT2D eigenvalue weighted by Crippen LogP contribution is -2.15. The van der Waals surface area contributed by atoms with Crippen LogP contribution in [-0.2, 0) is 0 Å². The Bertz CT molecular complexity index is 345. The van der Waals surface area contributed by atoms with Gasteiger partial charge in [-0.15, -0.1) is 12.4 Å². The van der Waals surface area contributed by atoms with E-state index in [1.807, 2.05) is 0 Å². The van der Waals surface area contributed by atoms with E-state index < -0.39 is 17.7 Å². The van der Waals surface area contributed by atoms with Crippen LogP contribution in [0.3, 0.4) is 0 Å². The van der Waals surface area contributed by atoms with E-state index in [2.05, 4.69) is 0 Å². The normalized spacial score (nSPS) is 12.1. The van der Waals surface area contributed by atoms with Crippen molar-refractivity contribution < 1.29 is 8.78 Å². The number of nitrogens with two attached hydrogens (primary N) is 2. The van der Waals surface area contributed by atoms with Crippen molar-refractivity contribution in [2.75, 3.05) is 6.54 Å². The molecule has 5 heteroatoms. The summed E-state index contributed by atoms with van der Waals surface area (Å²) in [6, 6.07) is 2.59. The third-order valence-corrected chi connectivity index (χ3v) is 2.42. The first-order chi connectivity index (χ1) is 7.07. The van der Waals surface area contributed by atoms with Gasteiger partial charge < -0.3 is 11.5 Å². The zero-order valence-electron chi connectivity index (χ0n) is 9.17. The van der Waals surface area contributed by atoms with Gasteiger partial charge in [-0.1, -0.05) is 12.1 Å². The molecular weight excluding hydrogens is 234 g/mol. The van der Waals surface area contributed by atoms with Crippen molar-refractivity contribution in [1.82, 2.24) is 0 Å². The van der Waals surface area contributed by atoms with Gasteiger partial charge in [0.1, 0.15) is 0 Å². The molecule has 92 valence electrons. The molecule has 1 atom stereocenters. The van der Waals surface area contributed by atoms with Crippen molar-refractivity contribution in [3.63, 3.8) is 0 Å². The van der Waals surface area contributed by atoms with Crippen LogP contribution in [0.1, 0.15) is 30.0 Å². The number of benzene rings is 1. The number of hydrogen-bond donors (Lipinski definition) is 2. The molecule has 0 saturated carbocycles. The van der Waals surface area contributed by atoms with Gasteiger partial charge in [-0.25, -0.2) is 8.78 Å². The molecule has 0 saturated heterocycles. The van der Waals surface area contributed by atoms with Crippen LogP contribution < -0.4 is 11.5 Å².